The summed E-state index contributed by atoms with van der Waals surface area (Å²) >= 11 is 10.1. The molecule has 336 valence electrons. The van der Waals surface area contributed by atoms with E-state index in [0.717, 1.165) is 15.2 Å². The number of thiocarbonyl (C=S) groups is 2. The van der Waals surface area contributed by atoms with E-state index in [2.05, 4.69) is 134 Å². The predicted molar refractivity (Wildman–Crippen MR) is 274 cm³/mol. The van der Waals surface area contributed by atoms with Crippen molar-refractivity contribution in [1.29, 1.82) is 0 Å². The van der Waals surface area contributed by atoms with Crippen LogP contribution in [0.4, 0.5) is 0 Å². The zero-order valence-corrected chi connectivity index (χ0v) is 43.0. The van der Waals surface area contributed by atoms with Gasteiger partial charge in [-0.2, -0.15) is 0 Å². The van der Waals surface area contributed by atoms with Gasteiger partial charge < -0.3 is 0 Å². The number of carbonyl (C=O) groups excluding carboxylic acids is 5. The molecular formula is C52H44N6O5S2Se2. The molecule has 4 aromatic heterocycles. The van der Waals surface area contributed by atoms with Crippen LogP contribution < -0.4 is 0 Å². The van der Waals surface area contributed by atoms with Crippen molar-refractivity contribution in [1.82, 2.24) is 28.7 Å². The van der Waals surface area contributed by atoms with Crippen LogP contribution in [0.15, 0.2) is 103 Å². The van der Waals surface area contributed by atoms with Crippen LogP contribution in [0.3, 0.4) is 0 Å². The van der Waals surface area contributed by atoms with Gasteiger partial charge in [0.05, 0.1) is 0 Å². The maximum Gasteiger partial charge on any atom is 0.237 e. The summed E-state index contributed by atoms with van der Waals surface area (Å²) < 4.78 is 9.38. The summed E-state index contributed by atoms with van der Waals surface area (Å²) in [6.07, 6.45) is 2.73. The third kappa shape index (κ3) is 6.65. The molecule has 4 amide bonds. The maximum absolute atomic E-state index is 12.9. The summed E-state index contributed by atoms with van der Waals surface area (Å²) in [7, 11) is 6.35. The summed E-state index contributed by atoms with van der Waals surface area (Å²) in [5, 5.41) is 5.61. The van der Waals surface area contributed by atoms with Gasteiger partial charge in [-0.15, -0.1) is 0 Å². The summed E-state index contributed by atoms with van der Waals surface area (Å²) in [6, 6.07) is 34.6. The quantitative estimate of drug-likeness (QED) is 0.0432. The first kappa shape index (κ1) is 44.8. The smallest absolute Gasteiger partial charge is 0.237 e. The molecule has 0 aliphatic carbocycles. The van der Waals surface area contributed by atoms with E-state index in [9.17, 15) is 24.0 Å². The minimum atomic E-state index is -0.346. The number of para-hydroxylation sites is 4. The average molecular weight is 1060 g/mol. The first-order valence-corrected chi connectivity index (χ1v) is 25.8. The minimum Gasteiger partial charge on any atom is -0.292 e. The Bertz CT molecular complexity index is 3540. The van der Waals surface area contributed by atoms with E-state index >= 15 is 0 Å². The standard InChI is InChI=1S/C26H21N3O2SSe.C20H15NOSe.C6H8N2O2S/c1-26(2)18-10-7-9-16-15-8-5-6-11-20(15)29(21(16)18)24-19(26)13-14(33-24)12-17-22(30)27(3)25(32)28(4)23(17)31;1-20(2)15-8-5-7-14-13-6-3-4-9-17(13)21(18(14)15)19-16(20)10-12(11-22)23-19;1-7-4(9)3-5(10)8(2)6(7)11/h5-13H,1-4H3;3-11H,1-2H3;3H2,1-2H3. The molecule has 2 saturated heterocycles. The van der Waals surface area contributed by atoms with Gasteiger partial charge in [0.1, 0.15) is 6.42 Å². The second-order valence-electron chi connectivity index (χ2n) is 18.1. The van der Waals surface area contributed by atoms with Gasteiger partial charge in [-0.05, 0) is 12.2 Å². The van der Waals surface area contributed by atoms with Gasteiger partial charge in [0, 0.05) is 14.1 Å². The van der Waals surface area contributed by atoms with Crippen LogP contribution in [0.2, 0.25) is 0 Å². The molecule has 11 nitrogen and oxygen atoms in total. The van der Waals surface area contributed by atoms with E-state index in [4.69, 9.17) is 24.4 Å². The Morgan fingerprint density at radius 3 is 1.39 bits per heavy atom. The van der Waals surface area contributed by atoms with Gasteiger partial charge in [0.2, 0.25) is 11.8 Å². The van der Waals surface area contributed by atoms with Crippen LogP contribution in [-0.4, -0.2) is 126 Å². The number of amides is 4. The Kier molecular flexibility index (Phi) is 10.7. The molecule has 0 N–H and O–H groups in total. The SMILES string of the molecule is CC1(C)c2cc(C=O)[se]c2-n2c3ccccc3c3cccc1c32.CN1C(=O)C(=Cc2cc3c([se]2)-n2c4ccccc4c4cccc(c42)C3(C)C)C(=O)N(C)C1=S.CN1C(=O)CC(=O)N(C)C1=S. The summed E-state index contributed by atoms with van der Waals surface area (Å²) in [4.78, 5) is 64.4. The summed E-state index contributed by atoms with van der Waals surface area (Å²) in [5.41, 5.74) is 10.2. The third-order valence-corrected chi connectivity index (χ3v) is 19.2. The molecule has 4 aliphatic heterocycles. The second-order valence-corrected chi connectivity index (χ2v) is 23.3. The van der Waals surface area contributed by atoms with Crippen molar-refractivity contribution in [2.24, 2.45) is 0 Å². The number of benzene rings is 4. The number of nitrogens with zero attached hydrogens (tertiary/aromatic N) is 6. The van der Waals surface area contributed by atoms with E-state index < -0.39 is 0 Å². The van der Waals surface area contributed by atoms with Gasteiger partial charge in [0.25, 0.3) is 0 Å². The molecule has 8 aromatic rings. The second kappa shape index (κ2) is 16.0. The van der Waals surface area contributed by atoms with E-state index in [-0.39, 0.29) is 85.7 Å². The van der Waals surface area contributed by atoms with Crippen molar-refractivity contribution in [3.63, 3.8) is 0 Å². The summed E-state index contributed by atoms with van der Waals surface area (Å²) in [6.45, 7) is 9.08. The van der Waals surface area contributed by atoms with Crippen molar-refractivity contribution in [2.75, 3.05) is 28.2 Å². The fraction of sp³-hybridized carbons (Fsp3) is 0.212. The van der Waals surface area contributed by atoms with E-state index in [1.165, 1.54) is 94.6 Å². The molecule has 4 aliphatic rings. The molecule has 0 bridgehead atoms. The Morgan fingerprint density at radius 2 is 0.925 bits per heavy atom. The third-order valence-electron chi connectivity index (χ3n) is 13.6. The van der Waals surface area contributed by atoms with E-state index in [1.807, 2.05) is 0 Å². The van der Waals surface area contributed by atoms with Gasteiger partial charge >= 0.3 is 343 Å². The van der Waals surface area contributed by atoms with Crippen LogP contribution in [0.1, 0.15) is 70.0 Å². The van der Waals surface area contributed by atoms with Crippen LogP contribution in [0, 0.1) is 0 Å². The fourth-order valence-electron chi connectivity index (χ4n) is 9.84. The maximum atomic E-state index is 12.9. The zero-order valence-electron chi connectivity index (χ0n) is 38.0. The molecule has 15 heteroatoms. The Hall–Kier alpha value is -6.05. The van der Waals surface area contributed by atoms with Crippen molar-refractivity contribution in [3.05, 3.63) is 134 Å². The number of hydrogen-bond donors (Lipinski definition) is 0. The monoisotopic (exact) mass is 1060 g/mol. The fourth-order valence-corrected chi connectivity index (χ4v) is 15.3. The molecule has 8 heterocycles. The van der Waals surface area contributed by atoms with Crippen LogP contribution in [0.5, 0.6) is 0 Å². The van der Waals surface area contributed by atoms with Crippen LogP contribution in [-0.2, 0) is 30.0 Å². The molecule has 0 unspecified atom stereocenters. The molecule has 0 atom stereocenters. The first-order chi connectivity index (χ1) is 31.9. The van der Waals surface area contributed by atoms with Crippen molar-refractivity contribution >= 4 is 143 Å². The van der Waals surface area contributed by atoms with Crippen molar-refractivity contribution < 1.29 is 24.0 Å². The number of hydrogen-bond acceptors (Lipinski definition) is 7. The normalized spacial score (nSPS) is 16.9. The predicted octanol–water partition coefficient (Wildman–Crippen LogP) is 7.96. The molecule has 2 fully saturated rings. The molecular weight excluding hydrogens is 1010 g/mol. The number of aromatic nitrogens is 2. The topological polar surface area (TPSA) is 108 Å². The first-order valence-electron chi connectivity index (χ1n) is 21.6. The number of aldehydes is 1. The van der Waals surface area contributed by atoms with Gasteiger partial charge in [-0.25, -0.2) is 0 Å². The number of likely N-dealkylation sites (N-methyl/N-ethyl adjacent to an activating group) is 2. The van der Waals surface area contributed by atoms with Crippen molar-refractivity contribution in [3.8, 4) is 9.12 Å². The molecule has 0 saturated carbocycles. The number of carbonyl (C=O) groups is 5. The molecule has 0 spiro atoms. The zero-order chi connectivity index (χ0) is 47.6. The Morgan fingerprint density at radius 1 is 0.522 bits per heavy atom. The Balaban J connectivity index is 0.000000133. The molecule has 12 rings (SSSR count). The molecule has 67 heavy (non-hydrogen) atoms. The van der Waals surface area contributed by atoms with Gasteiger partial charge in [-0.1, -0.05) is 0 Å². The molecule has 4 aromatic carbocycles. The largest absolute Gasteiger partial charge is 0.292 e. The van der Waals surface area contributed by atoms with Crippen LogP contribution >= 0.6 is 24.4 Å². The van der Waals surface area contributed by atoms with Gasteiger partial charge in [-0.3, -0.25) is 19.4 Å². The molecule has 0 radical (unpaired) electrons. The minimum absolute atomic E-state index is 0.0580. The number of fused-ring (bicyclic) bond motifs is 10. The van der Waals surface area contributed by atoms with Crippen LogP contribution in [0.25, 0.3) is 58.8 Å². The summed E-state index contributed by atoms with van der Waals surface area (Å²) in [5.74, 6) is -1.17. The van der Waals surface area contributed by atoms with E-state index in [1.54, 1.807) is 34.3 Å². The van der Waals surface area contributed by atoms with Crippen molar-refractivity contribution in [2.45, 2.75) is 44.9 Å². The average Bonchev–Trinajstić information content (AvgIpc) is 4.12. The van der Waals surface area contributed by atoms with Gasteiger partial charge in [0.15, 0.2) is 5.11 Å². The Labute approximate surface area is 409 Å². The van der Waals surface area contributed by atoms with E-state index in [0.29, 0.717) is 0 Å². The number of rotatable bonds is 2.